The van der Waals surface area contributed by atoms with E-state index < -0.39 is 5.97 Å². The largest absolute Gasteiger partial charge is 0.478 e. The Morgan fingerprint density at radius 3 is 2.57 bits per heavy atom. The second-order valence-electron chi connectivity index (χ2n) is 8.72. The molecule has 4 N–H and O–H groups in total. The van der Waals surface area contributed by atoms with Crippen LogP contribution in [0.15, 0.2) is 61.2 Å². The SMILES string of the molecule is C=C1C=C(c2cc(Cl)c(=C)/c(=C\CC)c2)Oc2c1cc(C)cc2C(C)Nc1ccccc1C(=O)O.CN. The number of hydrogen-bond acceptors (Lipinski definition) is 4. The fraction of sp³-hybridized carbons (Fsp3) is 0.194. The topological polar surface area (TPSA) is 84.6 Å². The summed E-state index contributed by atoms with van der Waals surface area (Å²) in [6, 6.07) is 14.6. The van der Waals surface area contributed by atoms with Gasteiger partial charge in [0.25, 0.3) is 0 Å². The standard InChI is InChI=1S/C30H28ClNO3.CH5N/c1-6-9-21-15-22(16-26(31)19(21)4)28-14-18(3)24-12-17(2)13-25(29(24)35-28)20(5)32-27-11-8-7-10-23(27)30(33)34;1-2/h7-16,20,32H,3-4,6H2,1-2,5H3,(H,33,34);2H2,1H3/b21-9-;. The van der Waals surface area contributed by atoms with Gasteiger partial charge in [-0.25, -0.2) is 4.79 Å². The van der Waals surface area contributed by atoms with E-state index >= 15 is 0 Å². The number of aryl methyl sites for hydroxylation is 1. The van der Waals surface area contributed by atoms with Gasteiger partial charge in [0.1, 0.15) is 11.5 Å². The molecule has 0 fully saturated rings. The van der Waals surface area contributed by atoms with Gasteiger partial charge in [-0.3, -0.25) is 0 Å². The van der Waals surface area contributed by atoms with Crippen molar-refractivity contribution < 1.29 is 14.6 Å². The van der Waals surface area contributed by atoms with Crippen molar-refractivity contribution in [2.24, 2.45) is 5.73 Å². The van der Waals surface area contributed by atoms with Crippen molar-refractivity contribution in [1.82, 2.24) is 0 Å². The Labute approximate surface area is 223 Å². The smallest absolute Gasteiger partial charge is 0.337 e. The van der Waals surface area contributed by atoms with Gasteiger partial charge in [-0.05, 0) is 85.3 Å². The number of benzene rings is 3. The third-order valence-electron chi connectivity index (χ3n) is 6.06. The zero-order valence-corrected chi connectivity index (χ0v) is 22.4. The molecular formula is C31H33ClN2O3. The highest BCUT2D eigenvalue weighted by atomic mass is 35.5. The maximum atomic E-state index is 11.7. The van der Waals surface area contributed by atoms with Gasteiger partial charge in [-0.1, -0.05) is 56.0 Å². The molecular weight excluding hydrogens is 484 g/mol. The van der Waals surface area contributed by atoms with Gasteiger partial charge in [0.2, 0.25) is 0 Å². The number of rotatable bonds is 6. The van der Waals surface area contributed by atoms with Crippen LogP contribution in [0.1, 0.15) is 58.9 Å². The van der Waals surface area contributed by atoms with Gasteiger partial charge in [-0.15, -0.1) is 0 Å². The molecule has 0 aliphatic carbocycles. The summed E-state index contributed by atoms with van der Waals surface area (Å²) >= 11 is 6.50. The van der Waals surface area contributed by atoms with E-state index in [4.69, 9.17) is 16.3 Å². The Hall–Kier alpha value is -3.80. The van der Waals surface area contributed by atoms with Gasteiger partial charge in [-0.2, -0.15) is 0 Å². The van der Waals surface area contributed by atoms with E-state index in [9.17, 15) is 9.90 Å². The van der Waals surface area contributed by atoms with E-state index in [0.717, 1.165) is 44.7 Å². The second-order valence-corrected chi connectivity index (χ2v) is 9.13. The Bertz CT molecular complexity index is 1490. The number of para-hydroxylation sites is 1. The van der Waals surface area contributed by atoms with Crippen LogP contribution in [0.4, 0.5) is 5.69 Å². The highest BCUT2D eigenvalue weighted by Gasteiger charge is 2.24. The summed E-state index contributed by atoms with van der Waals surface area (Å²) in [4.78, 5) is 11.7. The summed E-state index contributed by atoms with van der Waals surface area (Å²) in [5.74, 6) is 0.368. The van der Waals surface area contributed by atoms with Crippen molar-refractivity contribution in [1.29, 1.82) is 0 Å². The Morgan fingerprint density at radius 1 is 1.19 bits per heavy atom. The predicted molar refractivity (Wildman–Crippen MR) is 155 cm³/mol. The second kappa shape index (κ2) is 12.0. The average molecular weight is 517 g/mol. The van der Waals surface area contributed by atoms with E-state index in [1.807, 2.05) is 38.1 Å². The number of halogens is 1. The van der Waals surface area contributed by atoms with E-state index in [-0.39, 0.29) is 11.6 Å². The first-order chi connectivity index (χ1) is 17.7. The van der Waals surface area contributed by atoms with Crippen LogP contribution in [0, 0.1) is 6.92 Å². The molecule has 4 rings (SSSR count). The molecule has 6 heteroatoms. The summed E-state index contributed by atoms with van der Waals surface area (Å²) in [6.07, 6.45) is 4.88. The molecule has 0 radical (unpaired) electrons. The van der Waals surface area contributed by atoms with Crippen molar-refractivity contribution in [3.63, 3.8) is 0 Å². The average Bonchev–Trinajstić information content (AvgIpc) is 2.88. The molecule has 3 aromatic rings. The highest BCUT2D eigenvalue weighted by molar-refractivity contribution is 6.30. The summed E-state index contributed by atoms with van der Waals surface area (Å²) in [6.45, 7) is 14.5. The van der Waals surface area contributed by atoms with Gasteiger partial charge in [0.05, 0.1) is 11.6 Å². The first kappa shape index (κ1) is 27.8. The Morgan fingerprint density at radius 2 is 1.89 bits per heavy atom. The lowest BCUT2D eigenvalue weighted by atomic mass is 9.93. The lowest BCUT2D eigenvalue weighted by molar-refractivity contribution is 0.0698. The van der Waals surface area contributed by atoms with E-state index in [2.05, 4.69) is 49.3 Å². The van der Waals surface area contributed by atoms with Crippen LogP contribution in [-0.4, -0.2) is 18.1 Å². The molecule has 0 spiro atoms. The maximum absolute atomic E-state index is 11.7. The normalized spacial score (nSPS) is 13.5. The number of fused-ring (bicyclic) bond motifs is 1. The number of carbonyl (C=O) groups is 1. The predicted octanol–water partition coefficient (Wildman–Crippen LogP) is 6.14. The molecule has 3 aromatic carbocycles. The molecule has 0 bridgehead atoms. The first-order valence-corrected chi connectivity index (χ1v) is 12.5. The van der Waals surface area contributed by atoms with Crippen molar-refractivity contribution in [2.75, 3.05) is 12.4 Å². The molecule has 192 valence electrons. The van der Waals surface area contributed by atoms with Crippen molar-refractivity contribution >= 4 is 47.2 Å². The van der Waals surface area contributed by atoms with Crippen LogP contribution in [-0.2, 0) is 0 Å². The third-order valence-corrected chi connectivity index (χ3v) is 6.40. The van der Waals surface area contributed by atoms with E-state index in [1.54, 1.807) is 18.2 Å². The minimum Gasteiger partial charge on any atom is -0.478 e. The van der Waals surface area contributed by atoms with Crippen LogP contribution < -0.4 is 26.2 Å². The van der Waals surface area contributed by atoms with Gasteiger partial charge < -0.3 is 20.9 Å². The number of ether oxygens (including phenoxy) is 1. The lowest BCUT2D eigenvalue weighted by Crippen LogP contribution is -2.25. The monoisotopic (exact) mass is 516 g/mol. The zero-order valence-electron chi connectivity index (χ0n) is 21.7. The number of allylic oxidation sites excluding steroid dienone is 2. The highest BCUT2D eigenvalue weighted by Crippen LogP contribution is 2.42. The number of carboxylic acid groups (broad SMARTS) is 1. The molecule has 1 atom stereocenters. The van der Waals surface area contributed by atoms with Gasteiger partial charge >= 0.3 is 5.97 Å². The van der Waals surface area contributed by atoms with Crippen molar-refractivity contribution in [3.05, 3.63) is 104 Å². The van der Waals surface area contributed by atoms with E-state index in [0.29, 0.717) is 22.2 Å². The summed E-state index contributed by atoms with van der Waals surface area (Å²) < 4.78 is 6.49. The fourth-order valence-corrected chi connectivity index (χ4v) is 4.53. The number of aromatic carboxylic acids is 1. The van der Waals surface area contributed by atoms with Crippen LogP contribution in [0.25, 0.3) is 24.0 Å². The molecule has 37 heavy (non-hydrogen) atoms. The summed E-state index contributed by atoms with van der Waals surface area (Å²) in [5, 5.41) is 15.3. The third kappa shape index (κ3) is 5.96. The molecule has 1 aliphatic heterocycles. The number of carboxylic acids is 1. The van der Waals surface area contributed by atoms with Crippen LogP contribution in [0.2, 0.25) is 5.02 Å². The molecule has 1 heterocycles. The molecule has 5 nitrogen and oxygen atoms in total. The number of hydrogen-bond donors (Lipinski definition) is 3. The fourth-order valence-electron chi connectivity index (χ4n) is 4.30. The molecule has 0 aromatic heterocycles. The van der Waals surface area contributed by atoms with Crippen LogP contribution >= 0.6 is 11.6 Å². The molecule has 1 aliphatic rings. The number of anilines is 1. The molecule has 0 saturated carbocycles. The zero-order chi connectivity index (χ0) is 27.3. The minimum absolute atomic E-state index is 0.217. The molecule has 0 amide bonds. The Kier molecular flexibility index (Phi) is 8.98. The quantitative estimate of drug-likeness (QED) is 0.366. The van der Waals surface area contributed by atoms with Gasteiger partial charge in [0, 0.05) is 27.4 Å². The first-order valence-electron chi connectivity index (χ1n) is 12.1. The van der Waals surface area contributed by atoms with Crippen molar-refractivity contribution in [2.45, 2.75) is 33.2 Å². The number of nitrogens with one attached hydrogen (secondary N) is 1. The van der Waals surface area contributed by atoms with Crippen LogP contribution in [0.3, 0.4) is 0 Å². The minimum atomic E-state index is -0.980. The summed E-state index contributed by atoms with van der Waals surface area (Å²) in [5.41, 5.74) is 9.82. The molecule has 0 saturated heterocycles. The van der Waals surface area contributed by atoms with Crippen molar-refractivity contribution in [3.8, 4) is 5.75 Å². The Balaban J connectivity index is 0.00000186. The maximum Gasteiger partial charge on any atom is 0.337 e. The number of nitrogens with two attached hydrogens (primary N) is 1. The molecule has 1 unspecified atom stereocenters. The van der Waals surface area contributed by atoms with Crippen LogP contribution in [0.5, 0.6) is 5.75 Å². The van der Waals surface area contributed by atoms with Gasteiger partial charge in [0.15, 0.2) is 0 Å². The lowest BCUT2D eigenvalue weighted by Gasteiger charge is -2.27. The summed E-state index contributed by atoms with van der Waals surface area (Å²) in [7, 11) is 1.50. The van der Waals surface area contributed by atoms with E-state index in [1.165, 1.54) is 7.05 Å².